The molecule has 1 aliphatic heterocycles. The van der Waals surface area contributed by atoms with Crippen molar-refractivity contribution >= 4 is 16.9 Å². The quantitative estimate of drug-likeness (QED) is 0.724. The second-order valence-corrected chi connectivity index (χ2v) is 7.24. The summed E-state index contributed by atoms with van der Waals surface area (Å²) >= 11 is 0. The predicted octanol–water partition coefficient (Wildman–Crippen LogP) is 3.12. The third-order valence-corrected chi connectivity index (χ3v) is 5.27. The molecule has 1 fully saturated rings. The van der Waals surface area contributed by atoms with Gasteiger partial charge in [-0.2, -0.15) is 5.10 Å². The zero-order valence-corrected chi connectivity index (χ0v) is 15.3. The van der Waals surface area contributed by atoms with Gasteiger partial charge < -0.3 is 9.42 Å². The van der Waals surface area contributed by atoms with Crippen LogP contribution in [-0.2, 0) is 17.8 Å². The molecule has 3 aromatic rings. The summed E-state index contributed by atoms with van der Waals surface area (Å²) in [4.78, 5) is 14.6. The number of rotatable bonds is 4. The maximum atomic E-state index is 12.7. The standard InChI is InChI=1S/C20H24N4O2/c1-14-11-15(2)24(21-14)13-16-7-9-23(10-8-16)20(25)12-18-17-5-3-4-6-19(17)26-22-18/h3-6,11,16H,7-10,12-13H2,1-2H3. The van der Waals surface area contributed by atoms with Crippen molar-refractivity contribution in [1.29, 1.82) is 0 Å². The second-order valence-electron chi connectivity index (χ2n) is 7.24. The first-order valence-corrected chi connectivity index (χ1v) is 9.22. The average molecular weight is 352 g/mol. The SMILES string of the molecule is Cc1cc(C)n(CC2CCN(C(=O)Cc3noc4ccccc34)CC2)n1. The number of benzene rings is 1. The predicted molar refractivity (Wildman–Crippen MR) is 98.7 cm³/mol. The van der Waals surface area contributed by atoms with Gasteiger partial charge in [-0.3, -0.25) is 9.48 Å². The molecule has 1 saturated heterocycles. The maximum Gasteiger partial charge on any atom is 0.228 e. The van der Waals surface area contributed by atoms with Crippen LogP contribution < -0.4 is 0 Å². The van der Waals surface area contributed by atoms with Gasteiger partial charge in [0.05, 0.1) is 12.1 Å². The van der Waals surface area contributed by atoms with E-state index in [9.17, 15) is 4.79 Å². The molecule has 0 bridgehead atoms. The highest BCUT2D eigenvalue weighted by atomic mass is 16.5. The molecule has 0 aliphatic carbocycles. The lowest BCUT2D eigenvalue weighted by Crippen LogP contribution is -2.40. The molecule has 0 N–H and O–H groups in total. The van der Waals surface area contributed by atoms with Crippen molar-refractivity contribution in [1.82, 2.24) is 19.8 Å². The Morgan fingerprint density at radius 1 is 1.23 bits per heavy atom. The Balaban J connectivity index is 1.34. The number of fused-ring (bicyclic) bond motifs is 1. The van der Waals surface area contributed by atoms with Crippen molar-refractivity contribution < 1.29 is 9.32 Å². The normalized spacial score (nSPS) is 15.7. The van der Waals surface area contributed by atoms with E-state index in [2.05, 4.69) is 27.9 Å². The topological polar surface area (TPSA) is 64.2 Å². The fourth-order valence-corrected chi connectivity index (χ4v) is 3.79. The zero-order chi connectivity index (χ0) is 18.1. The van der Waals surface area contributed by atoms with E-state index >= 15 is 0 Å². The monoisotopic (exact) mass is 352 g/mol. The number of aromatic nitrogens is 3. The zero-order valence-electron chi connectivity index (χ0n) is 15.3. The first kappa shape index (κ1) is 16.8. The van der Waals surface area contributed by atoms with Gasteiger partial charge in [0.15, 0.2) is 5.58 Å². The summed E-state index contributed by atoms with van der Waals surface area (Å²) in [6.45, 7) is 6.67. The lowest BCUT2D eigenvalue weighted by molar-refractivity contribution is -0.132. The lowest BCUT2D eigenvalue weighted by atomic mass is 9.96. The summed E-state index contributed by atoms with van der Waals surface area (Å²) in [6, 6.07) is 9.79. The Kier molecular flexibility index (Phi) is 4.49. The van der Waals surface area contributed by atoms with Crippen LogP contribution in [0.4, 0.5) is 0 Å². The minimum Gasteiger partial charge on any atom is -0.356 e. The molecular formula is C20H24N4O2. The smallest absolute Gasteiger partial charge is 0.228 e. The van der Waals surface area contributed by atoms with Gasteiger partial charge in [0, 0.05) is 30.7 Å². The molecular weight excluding hydrogens is 328 g/mol. The Labute approximate surface area is 152 Å². The van der Waals surface area contributed by atoms with Crippen molar-refractivity contribution in [2.45, 2.75) is 39.7 Å². The van der Waals surface area contributed by atoms with E-state index in [1.807, 2.05) is 36.1 Å². The van der Waals surface area contributed by atoms with Crippen LogP contribution >= 0.6 is 0 Å². The fraction of sp³-hybridized carbons (Fsp3) is 0.450. The van der Waals surface area contributed by atoms with Gasteiger partial charge in [0.2, 0.25) is 5.91 Å². The summed E-state index contributed by atoms with van der Waals surface area (Å²) in [5, 5.41) is 9.56. The van der Waals surface area contributed by atoms with E-state index in [0.717, 1.165) is 54.8 Å². The number of piperidine rings is 1. The number of amides is 1. The molecule has 136 valence electrons. The van der Waals surface area contributed by atoms with Gasteiger partial charge in [-0.15, -0.1) is 0 Å². The number of carbonyl (C=O) groups is 1. The number of aryl methyl sites for hydroxylation is 2. The van der Waals surface area contributed by atoms with Gasteiger partial charge in [-0.25, -0.2) is 0 Å². The summed E-state index contributed by atoms with van der Waals surface area (Å²) < 4.78 is 7.40. The molecule has 0 radical (unpaired) electrons. The molecule has 1 amide bonds. The third-order valence-electron chi connectivity index (χ3n) is 5.27. The van der Waals surface area contributed by atoms with Crippen LogP contribution in [0.2, 0.25) is 0 Å². The highest BCUT2D eigenvalue weighted by Crippen LogP contribution is 2.22. The van der Waals surface area contributed by atoms with Crippen LogP contribution in [0.25, 0.3) is 11.0 Å². The molecule has 2 aromatic heterocycles. The summed E-state index contributed by atoms with van der Waals surface area (Å²) in [5.41, 5.74) is 3.74. The molecule has 26 heavy (non-hydrogen) atoms. The van der Waals surface area contributed by atoms with Crippen molar-refractivity contribution in [3.8, 4) is 0 Å². The number of hydrogen-bond acceptors (Lipinski definition) is 4. The highest BCUT2D eigenvalue weighted by molar-refractivity contribution is 5.86. The molecule has 0 saturated carbocycles. The highest BCUT2D eigenvalue weighted by Gasteiger charge is 2.24. The molecule has 0 atom stereocenters. The Morgan fingerprint density at radius 2 is 2.00 bits per heavy atom. The van der Waals surface area contributed by atoms with Crippen molar-refractivity contribution in [2.24, 2.45) is 5.92 Å². The van der Waals surface area contributed by atoms with Crippen LogP contribution in [-0.4, -0.2) is 38.8 Å². The van der Waals surface area contributed by atoms with Crippen LogP contribution in [0.5, 0.6) is 0 Å². The summed E-state index contributed by atoms with van der Waals surface area (Å²) in [5.74, 6) is 0.707. The average Bonchev–Trinajstić information content (AvgIpc) is 3.18. The minimum absolute atomic E-state index is 0.133. The van der Waals surface area contributed by atoms with E-state index in [1.165, 1.54) is 5.69 Å². The number of carbonyl (C=O) groups excluding carboxylic acids is 1. The minimum atomic E-state index is 0.133. The van der Waals surface area contributed by atoms with Crippen LogP contribution in [0.1, 0.15) is 29.9 Å². The first-order valence-electron chi connectivity index (χ1n) is 9.22. The second kappa shape index (κ2) is 6.94. The summed E-state index contributed by atoms with van der Waals surface area (Å²) in [7, 11) is 0. The number of nitrogens with zero attached hydrogens (tertiary/aromatic N) is 4. The number of likely N-dealkylation sites (tertiary alicyclic amines) is 1. The Bertz CT molecular complexity index is 919. The van der Waals surface area contributed by atoms with E-state index in [4.69, 9.17) is 4.52 Å². The van der Waals surface area contributed by atoms with Gasteiger partial charge in [0.25, 0.3) is 0 Å². The Morgan fingerprint density at radius 3 is 2.73 bits per heavy atom. The molecule has 6 nitrogen and oxygen atoms in total. The number of para-hydroxylation sites is 1. The van der Waals surface area contributed by atoms with Crippen molar-refractivity contribution in [2.75, 3.05) is 13.1 Å². The van der Waals surface area contributed by atoms with Crippen LogP contribution in [0.15, 0.2) is 34.9 Å². The summed E-state index contributed by atoms with van der Waals surface area (Å²) in [6.07, 6.45) is 2.34. The molecule has 1 aliphatic rings. The molecule has 1 aromatic carbocycles. The molecule has 0 unspecified atom stereocenters. The van der Waals surface area contributed by atoms with Crippen molar-refractivity contribution in [3.05, 3.63) is 47.4 Å². The fourth-order valence-electron chi connectivity index (χ4n) is 3.79. The molecule has 4 rings (SSSR count). The maximum absolute atomic E-state index is 12.7. The largest absolute Gasteiger partial charge is 0.356 e. The van der Waals surface area contributed by atoms with Gasteiger partial charge in [-0.05, 0) is 50.8 Å². The van der Waals surface area contributed by atoms with Crippen molar-refractivity contribution in [3.63, 3.8) is 0 Å². The molecule has 0 spiro atoms. The Hall–Kier alpha value is -2.63. The molecule has 6 heteroatoms. The van der Waals surface area contributed by atoms with E-state index in [-0.39, 0.29) is 5.91 Å². The van der Waals surface area contributed by atoms with Crippen LogP contribution in [0.3, 0.4) is 0 Å². The first-order chi connectivity index (χ1) is 12.6. The number of hydrogen-bond donors (Lipinski definition) is 0. The third kappa shape index (κ3) is 3.36. The van der Waals surface area contributed by atoms with E-state index in [1.54, 1.807) is 0 Å². The van der Waals surface area contributed by atoms with E-state index < -0.39 is 0 Å². The van der Waals surface area contributed by atoms with Crippen LogP contribution in [0, 0.1) is 19.8 Å². The van der Waals surface area contributed by atoms with Gasteiger partial charge >= 0.3 is 0 Å². The lowest BCUT2D eigenvalue weighted by Gasteiger charge is -2.32. The molecule has 3 heterocycles. The van der Waals surface area contributed by atoms with Gasteiger partial charge in [-0.1, -0.05) is 17.3 Å². The van der Waals surface area contributed by atoms with E-state index in [0.29, 0.717) is 12.3 Å². The van der Waals surface area contributed by atoms with Gasteiger partial charge in [0.1, 0.15) is 5.69 Å².